The van der Waals surface area contributed by atoms with E-state index < -0.39 is 35.9 Å². The first-order valence-corrected chi connectivity index (χ1v) is 7.99. The van der Waals surface area contributed by atoms with Crippen LogP contribution in [0.15, 0.2) is 24.3 Å². The zero-order chi connectivity index (χ0) is 18.6. The van der Waals surface area contributed by atoms with E-state index in [1.165, 1.54) is 13.2 Å². The number of nitrogens with one attached hydrogen (secondary N) is 2. The van der Waals surface area contributed by atoms with Crippen LogP contribution in [0.25, 0.3) is 0 Å². The Bertz CT molecular complexity index is 712. The molecule has 0 radical (unpaired) electrons. The Morgan fingerprint density at radius 1 is 1.20 bits per heavy atom. The highest BCUT2D eigenvalue weighted by atomic mass is 16.5. The summed E-state index contributed by atoms with van der Waals surface area (Å²) in [5, 5.41) is 5.20. The van der Waals surface area contributed by atoms with E-state index in [1.54, 1.807) is 32.0 Å². The predicted octanol–water partition coefficient (Wildman–Crippen LogP) is 1.52. The van der Waals surface area contributed by atoms with Crippen molar-refractivity contribution in [2.75, 3.05) is 19.0 Å². The first kappa shape index (κ1) is 18.4. The highest BCUT2D eigenvalue weighted by Gasteiger charge is 2.49. The minimum Gasteiger partial charge on any atom is -0.465 e. The van der Waals surface area contributed by atoms with E-state index in [2.05, 4.69) is 15.4 Å². The molecule has 8 nitrogen and oxygen atoms in total. The van der Waals surface area contributed by atoms with Gasteiger partial charge in [0.15, 0.2) is 0 Å². The lowest BCUT2D eigenvalue weighted by atomic mass is 9.93. The predicted molar refractivity (Wildman–Crippen MR) is 90.0 cm³/mol. The van der Waals surface area contributed by atoms with E-state index >= 15 is 0 Å². The van der Waals surface area contributed by atoms with Gasteiger partial charge in [0, 0.05) is 0 Å². The average molecular weight is 347 g/mol. The van der Waals surface area contributed by atoms with Gasteiger partial charge in [0.25, 0.3) is 5.91 Å². The maximum atomic E-state index is 12.5. The molecule has 1 saturated heterocycles. The second kappa shape index (κ2) is 7.33. The van der Waals surface area contributed by atoms with Gasteiger partial charge in [-0.1, -0.05) is 26.0 Å². The summed E-state index contributed by atoms with van der Waals surface area (Å²) in [7, 11) is 1.24. The van der Waals surface area contributed by atoms with E-state index in [4.69, 9.17) is 0 Å². The van der Waals surface area contributed by atoms with Gasteiger partial charge in [-0.25, -0.2) is 9.59 Å². The molecule has 1 aromatic rings. The number of para-hydroxylation sites is 1. The summed E-state index contributed by atoms with van der Waals surface area (Å²) >= 11 is 0. The average Bonchev–Trinajstić information content (AvgIpc) is 2.86. The fraction of sp³-hybridized carbons (Fsp3) is 0.412. The van der Waals surface area contributed by atoms with Gasteiger partial charge in [0.2, 0.25) is 5.91 Å². The number of ether oxygens (including phenoxy) is 1. The minimum absolute atomic E-state index is 0.187. The minimum atomic E-state index is -0.957. The second-order valence-corrected chi connectivity index (χ2v) is 5.70. The fourth-order valence-corrected chi connectivity index (χ4v) is 2.76. The fourth-order valence-electron chi connectivity index (χ4n) is 2.76. The van der Waals surface area contributed by atoms with Crippen molar-refractivity contribution < 1.29 is 23.9 Å². The van der Waals surface area contributed by atoms with E-state index in [-0.39, 0.29) is 11.3 Å². The van der Waals surface area contributed by atoms with Gasteiger partial charge in [-0.05, 0) is 25.0 Å². The molecule has 0 unspecified atom stereocenters. The van der Waals surface area contributed by atoms with Gasteiger partial charge < -0.3 is 15.4 Å². The number of esters is 1. The van der Waals surface area contributed by atoms with Crippen LogP contribution in [0.4, 0.5) is 10.5 Å². The van der Waals surface area contributed by atoms with Crippen molar-refractivity contribution in [2.24, 2.45) is 0 Å². The second-order valence-electron chi connectivity index (χ2n) is 5.70. The molecule has 8 heteroatoms. The summed E-state index contributed by atoms with van der Waals surface area (Å²) < 4.78 is 4.66. The van der Waals surface area contributed by atoms with Gasteiger partial charge in [0.05, 0.1) is 18.4 Å². The number of anilines is 1. The molecule has 1 aromatic carbocycles. The van der Waals surface area contributed by atoms with Gasteiger partial charge >= 0.3 is 12.0 Å². The van der Waals surface area contributed by atoms with E-state index in [0.29, 0.717) is 12.8 Å². The number of benzene rings is 1. The molecule has 0 atom stereocenters. The number of nitrogens with zero attached hydrogens (tertiary/aromatic N) is 1. The van der Waals surface area contributed by atoms with Crippen molar-refractivity contribution in [3.05, 3.63) is 29.8 Å². The van der Waals surface area contributed by atoms with Crippen LogP contribution in [-0.2, 0) is 14.3 Å². The van der Waals surface area contributed by atoms with Gasteiger partial charge in [-0.3, -0.25) is 14.5 Å². The van der Waals surface area contributed by atoms with Crippen molar-refractivity contribution in [1.29, 1.82) is 0 Å². The summed E-state index contributed by atoms with van der Waals surface area (Å²) in [6.07, 6.45) is 0.884. The number of methoxy groups -OCH3 is 1. The third kappa shape index (κ3) is 3.47. The molecule has 2 rings (SSSR count). The van der Waals surface area contributed by atoms with Gasteiger partial charge in [-0.2, -0.15) is 0 Å². The summed E-state index contributed by atoms with van der Waals surface area (Å²) in [6.45, 7) is 3.18. The number of carbonyl (C=O) groups is 4. The maximum absolute atomic E-state index is 12.5. The zero-order valence-corrected chi connectivity index (χ0v) is 14.4. The van der Waals surface area contributed by atoms with Crippen LogP contribution in [0.5, 0.6) is 0 Å². The first-order valence-electron chi connectivity index (χ1n) is 7.99. The lowest BCUT2D eigenvalue weighted by Crippen LogP contribution is -2.46. The van der Waals surface area contributed by atoms with Gasteiger partial charge in [0.1, 0.15) is 12.1 Å². The maximum Gasteiger partial charge on any atom is 0.339 e. The Kier molecular flexibility index (Phi) is 5.41. The molecule has 0 saturated carbocycles. The number of urea groups is 1. The van der Waals surface area contributed by atoms with Crippen LogP contribution >= 0.6 is 0 Å². The molecule has 2 N–H and O–H groups in total. The molecule has 134 valence electrons. The number of amides is 4. The van der Waals surface area contributed by atoms with Crippen molar-refractivity contribution in [1.82, 2.24) is 10.2 Å². The lowest BCUT2D eigenvalue weighted by Gasteiger charge is -2.23. The third-order valence-electron chi connectivity index (χ3n) is 4.36. The molecule has 1 aliphatic rings. The molecular weight excluding hydrogens is 326 g/mol. The standard InChI is InChI=1S/C17H21N3O5/c1-4-17(5-2)15(23)20(16(24)19-17)10-13(21)18-12-9-7-6-8-11(12)14(22)25-3/h6-9H,4-5,10H2,1-3H3,(H,18,21)(H,19,24). The largest absolute Gasteiger partial charge is 0.465 e. The van der Waals surface area contributed by atoms with Crippen molar-refractivity contribution in [2.45, 2.75) is 32.2 Å². The Morgan fingerprint density at radius 3 is 2.40 bits per heavy atom. The number of rotatable bonds is 6. The lowest BCUT2D eigenvalue weighted by molar-refractivity contribution is -0.134. The van der Waals surface area contributed by atoms with Crippen molar-refractivity contribution >= 4 is 29.5 Å². The molecule has 0 bridgehead atoms. The van der Waals surface area contributed by atoms with E-state index in [0.717, 1.165) is 4.90 Å². The van der Waals surface area contributed by atoms with Gasteiger partial charge in [-0.15, -0.1) is 0 Å². The normalized spacial score (nSPS) is 15.7. The number of imide groups is 1. The van der Waals surface area contributed by atoms with Crippen LogP contribution < -0.4 is 10.6 Å². The van der Waals surface area contributed by atoms with Crippen LogP contribution in [0, 0.1) is 0 Å². The zero-order valence-electron chi connectivity index (χ0n) is 14.4. The number of hydrogen-bond donors (Lipinski definition) is 2. The third-order valence-corrected chi connectivity index (χ3v) is 4.36. The summed E-state index contributed by atoms with van der Waals surface area (Å²) in [5.74, 6) is -1.59. The topological polar surface area (TPSA) is 105 Å². The molecule has 0 aliphatic carbocycles. The molecule has 0 spiro atoms. The molecule has 25 heavy (non-hydrogen) atoms. The summed E-state index contributed by atoms with van der Waals surface area (Å²) in [5.41, 5.74) is -0.517. The molecule has 1 fully saturated rings. The highest BCUT2D eigenvalue weighted by molar-refractivity contribution is 6.10. The van der Waals surface area contributed by atoms with Crippen LogP contribution in [0.3, 0.4) is 0 Å². The summed E-state index contributed by atoms with van der Waals surface area (Å²) in [6, 6.07) is 5.74. The summed E-state index contributed by atoms with van der Waals surface area (Å²) in [4.78, 5) is 49.5. The highest BCUT2D eigenvalue weighted by Crippen LogP contribution is 2.25. The van der Waals surface area contributed by atoms with Crippen LogP contribution in [0.2, 0.25) is 0 Å². The number of carbonyl (C=O) groups excluding carboxylic acids is 4. The SMILES string of the molecule is CCC1(CC)NC(=O)N(CC(=O)Nc2ccccc2C(=O)OC)C1=O. The molecule has 0 aromatic heterocycles. The molecular formula is C17H21N3O5. The Balaban J connectivity index is 2.13. The monoisotopic (exact) mass is 347 g/mol. The Morgan fingerprint density at radius 2 is 1.84 bits per heavy atom. The number of hydrogen-bond acceptors (Lipinski definition) is 5. The Hall–Kier alpha value is -2.90. The molecule has 4 amide bonds. The Labute approximate surface area is 145 Å². The first-order chi connectivity index (χ1) is 11.9. The smallest absolute Gasteiger partial charge is 0.339 e. The van der Waals surface area contributed by atoms with Crippen LogP contribution in [0.1, 0.15) is 37.0 Å². The quantitative estimate of drug-likeness (QED) is 0.600. The van der Waals surface area contributed by atoms with E-state index in [1.807, 2.05) is 0 Å². The van der Waals surface area contributed by atoms with Crippen molar-refractivity contribution in [3.63, 3.8) is 0 Å². The van der Waals surface area contributed by atoms with E-state index in [9.17, 15) is 19.2 Å². The molecule has 1 heterocycles. The van der Waals surface area contributed by atoms with Crippen LogP contribution in [-0.4, -0.2) is 47.9 Å². The molecule has 1 aliphatic heterocycles. The van der Waals surface area contributed by atoms with Crippen molar-refractivity contribution in [3.8, 4) is 0 Å².